The van der Waals surface area contributed by atoms with Gasteiger partial charge in [0.05, 0.1) is 30.2 Å². The Morgan fingerprint density at radius 2 is 0.816 bits per heavy atom. The number of rotatable bonds is 4. The molecule has 0 spiro atoms. The summed E-state index contributed by atoms with van der Waals surface area (Å²) in [5.74, 6) is 0. The van der Waals surface area contributed by atoms with Crippen LogP contribution in [0.5, 0.6) is 0 Å². The fourth-order valence-electron chi connectivity index (χ4n) is 4.88. The Labute approximate surface area is 234 Å². The van der Waals surface area contributed by atoms with Gasteiger partial charge in [-0.3, -0.25) is 0 Å². The number of para-hydroxylation sites is 2. The molecule has 6 heteroatoms. The molecular formula is C32H18N2S4. The monoisotopic (exact) mass is 558 g/mol. The van der Waals surface area contributed by atoms with Gasteiger partial charge in [-0.15, -0.1) is 45.3 Å². The Hall–Kier alpha value is -3.68. The summed E-state index contributed by atoms with van der Waals surface area (Å²) in [4.78, 5) is 12.5. The second-order valence-corrected chi connectivity index (χ2v) is 13.2. The summed E-state index contributed by atoms with van der Waals surface area (Å²) in [6.45, 7) is 0. The van der Waals surface area contributed by atoms with Crippen LogP contribution < -0.4 is 0 Å². The Morgan fingerprint density at radius 3 is 1.26 bits per heavy atom. The number of thiazole rings is 2. The van der Waals surface area contributed by atoms with E-state index in [2.05, 4.69) is 109 Å². The molecule has 0 saturated heterocycles. The summed E-state index contributed by atoms with van der Waals surface area (Å²) in [5.41, 5.74) is 4.58. The SMILES string of the molecule is C(=Cc1c(-c2nc3ccccc3s2)sc2ccccc12)c1c(-c2nc3ccccc3s2)sc2ccccc12. The van der Waals surface area contributed by atoms with Gasteiger partial charge in [-0.25, -0.2) is 9.97 Å². The van der Waals surface area contributed by atoms with Crippen molar-refractivity contribution in [3.63, 3.8) is 0 Å². The molecule has 4 heterocycles. The smallest absolute Gasteiger partial charge is 0.135 e. The van der Waals surface area contributed by atoms with E-state index in [1.54, 1.807) is 22.7 Å². The highest BCUT2D eigenvalue weighted by Crippen LogP contribution is 2.45. The van der Waals surface area contributed by atoms with Crippen molar-refractivity contribution in [3.05, 3.63) is 108 Å². The first-order valence-electron chi connectivity index (χ1n) is 12.2. The maximum absolute atomic E-state index is 5.01. The Morgan fingerprint density at radius 1 is 0.421 bits per heavy atom. The van der Waals surface area contributed by atoms with Crippen LogP contribution in [-0.4, -0.2) is 9.97 Å². The van der Waals surface area contributed by atoms with Crippen molar-refractivity contribution in [2.75, 3.05) is 0 Å². The third-order valence-corrected chi connectivity index (χ3v) is 11.4. The molecule has 0 aliphatic rings. The van der Waals surface area contributed by atoms with Gasteiger partial charge in [0.2, 0.25) is 0 Å². The predicted molar refractivity (Wildman–Crippen MR) is 170 cm³/mol. The van der Waals surface area contributed by atoms with Crippen LogP contribution in [0.25, 0.3) is 72.5 Å². The molecule has 0 amide bonds. The lowest BCUT2D eigenvalue weighted by molar-refractivity contribution is 1.50. The molecule has 4 aromatic heterocycles. The van der Waals surface area contributed by atoms with Crippen LogP contribution in [0, 0.1) is 0 Å². The Kier molecular flexibility index (Phi) is 5.26. The zero-order valence-corrected chi connectivity index (χ0v) is 23.2. The third-order valence-electron chi connectivity index (χ3n) is 6.66. The van der Waals surface area contributed by atoms with Crippen LogP contribution >= 0.6 is 45.3 Å². The molecule has 0 radical (unpaired) electrons. The number of hydrogen-bond acceptors (Lipinski definition) is 6. The second kappa shape index (κ2) is 8.96. The van der Waals surface area contributed by atoms with E-state index in [1.165, 1.54) is 50.5 Å². The van der Waals surface area contributed by atoms with Gasteiger partial charge >= 0.3 is 0 Å². The minimum Gasteiger partial charge on any atom is -0.235 e. The molecular weight excluding hydrogens is 541 g/mol. The van der Waals surface area contributed by atoms with Crippen LogP contribution in [0.1, 0.15) is 11.1 Å². The van der Waals surface area contributed by atoms with Crippen LogP contribution in [-0.2, 0) is 0 Å². The van der Waals surface area contributed by atoms with E-state index in [0.29, 0.717) is 0 Å². The molecule has 0 fully saturated rings. The molecule has 2 nitrogen and oxygen atoms in total. The summed E-state index contributed by atoms with van der Waals surface area (Å²) in [6.07, 6.45) is 4.59. The molecule has 4 aromatic carbocycles. The molecule has 38 heavy (non-hydrogen) atoms. The minimum atomic E-state index is 1.06. The standard InChI is InChI=1S/C32H18N2S4/c1-5-13-25-19(9-1)21(29(35-25)31-33-23-11-3-7-15-27(23)37-31)17-18-22-20-10-2-6-14-26(20)36-30(22)32-34-24-12-4-8-16-28(24)38-32/h1-18H. The number of aromatic nitrogens is 2. The maximum atomic E-state index is 5.01. The minimum absolute atomic E-state index is 1.06. The topological polar surface area (TPSA) is 25.8 Å². The van der Waals surface area contributed by atoms with E-state index >= 15 is 0 Å². The molecule has 0 atom stereocenters. The van der Waals surface area contributed by atoms with Gasteiger partial charge in [-0.2, -0.15) is 0 Å². The van der Waals surface area contributed by atoms with Gasteiger partial charge in [0.25, 0.3) is 0 Å². The number of benzene rings is 4. The molecule has 180 valence electrons. The van der Waals surface area contributed by atoms with E-state index in [-0.39, 0.29) is 0 Å². The van der Waals surface area contributed by atoms with Crippen molar-refractivity contribution in [1.82, 2.24) is 9.97 Å². The Bertz CT molecular complexity index is 1930. The lowest BCUT2D eigenvalue weighted by Crippen LogP contribution is -1.79. The van der Waals surface area contributed by atoms with E-state index in [4.69, 9.17) is 9.97 Å². The number of thiophene rings is 2. The zero-order valence-electron chi connectivity index (χ0n) is 19.9. The molecule has 0 bridgehead atoms. The van der Waals surface area contributed by atoms with Crippen molar-refractivity contribution in [2.24, 2.45) is 0 Å². The molecule has 8 rings (SSSR count). The fraction of sp³-hybridized carbons (Fsp3) is 0. The van der Waals surface area contributed by atoms with Gasteiger partial charge in [0.1, 0.15) is 10.0 Å². The Balaban J connectivity index is 1.33. The van der Waals surface area contributed by atoms with E-state index in [0.717, 1.165) is 21.0 Å². The van der Waals surface area contributed by atoms with E-state index in [1.807, 2.05) is 22.7 Å². The average Bonchev–Trinajstić information content (AvgIpc) is 3.73. The first-order valence-corrected chi connectivity index (χ1v) is 15.5. The molecule has 0 aliphatic heterocycles. The van der Waals surface area contributed by atoms with Crippen molar-refractivity contribution >= 4 is 98.1 Å². The highest BCUT2D eigenvalue weighted by atomic mass is 32.1. The maximum Gasteiger partial charge on any atom is 0.135 e. The van der Waals surface area contributed by atoms with Crippen LogP contribution in [0.4, 0.5) is 0 Å². The normalized spacial score (nSPS) is 12.1. The van der Waals surface area contributed by atoms with Gasteiger partial charge < -0.3 is 0 Å². The summed E-state index contributed by atoms with van der Waals surface area (Å²) >= 11 is 7.19. The van der Waals surface area contributed by atoms with Crippen molar-refractivity contribution in [1.29, 1.82) is 0 Å². The largest absolute Gasteiger partial charge is 0.235 e. The first kappa shape index (κ1) is 22.3. The van der Waals surface area contributed by atoms with Gasteiger partial charge in [-0.1, -0.05) is 72.8 Å². The molecule has 0 saturated carbocycles. The number of fused-ring (bicyclic) bond motifs is 4. The van der Waals surface area contributed by atoms with Crippen molar-refractivity contribution < 1.29 is 0 Å². The summed E-state index contributed by atoms with van der Waals surface area (Å²) < 4.78 is 5.00. The van der Waals surface area contributed by atoms with E-state index in [9.17, 15) is 0 Å². The van der Waals surface area contributed by atoms with Gasteiger partial charge in [-0.05, 0) is 36.4 Å². The lowest BCUT2D eigenvalue weighted by Gasteiger charge is -1.99. The van der Waals surface area contributed by atoms with Gasteiger partial charge in [0.15, 0.2) is 0 Å². The summed E-state index contributed by atoms with van der Waals surface area (Å²) in [6, 6.07) is 34.1. The highest BCUT2D eigenvalue weighted by Gasteiger charge is 2.18. The predicted octanol–water partition coefficient (Wildman–Crippen LogP) is 10.8. The average molecular weight is 559 g/mol. The summed E-state index contributed by atoms with van der Waals surface area (Å²) in [5, 5.41) is 4.69. The fourth-order valence-corrected chi connectivity index (χ4v) is 9.38. The second-order valence-electron chi connectivity index (χ2n) is 8.99. The number of nitrogens with zero attached hydrogens (tertiary/aromatic N) is 2. The van der Waals surface area contributed by atoms with Crippen LogP contribution in [0.3, 0.4) is 0 Å². The number of hydrogen-bond donors (Lipinski definition) is 0. The molecule has 0 aliphatic carbocycles. The van der Waals surface area contributed by atoms with Crippen LogP contribution in [0.2, 0.25) is 0 Å². The van der Waals surface area contributed by atoms with Crippen molar-refractivity contribution in [2.45, 2.75) is 0 Å². The first-order chi connectivity index (χ1) is 18.8. The molecule has 0 N–H and O–H groups in total. The highest BCUT2D eigenvalue weighted by molar-refractivity contribution is 7.29. The molecule has 8 aromatic rings. The van der Waals surface area contributed by atoms with E-state index < -0.39 is 0 Å². The quantitative estimate of drug-likeness (QED) is 0.215. The van der Waals surface area contributed by atoms with Crippen molar-refractivity contribution in [3.8, 4) is 19.8 Å². The molecule has 0 unspecified atom stereocenters. The lowest BCUT2D eigenvalue weighted by atomic mass is 10.1. The zero-order chi connectivity index (χ0) is 25.1. The van der Waals surface area contributed by atoms with Gasteiger partial charge in [0, 0.05) is 31.3 Å². The van der Waals surface area contributed by atoms with Crippen LogP contribution in [0.15, 0.2) is 97.1 Å². The summed E-state index contributed by atoms with van der Waals surface area (Å²) in [7, 11) is 0. The third kappa shape index (κ3) is 3.64.